The number of esters is 1. The van der Waals surface area contributed by atoms with E-state index in [-0.39, 0.29) is 5.97 Å². The lowest BCUT2D eigenvalue weighted by atomic mass is 9.91. The first kappa shape index (κ1) is 22.6. The van der Waals surface area contributed by atoms with Crippen LogP contribution < -0.4 is 9.47 Å². The van der Waals surface area contributed by atoms with E-state index < -0.39 is 5.92 Å². The van der Waals surface area contributed by atoms with Crippen LogP contribution in [-0.2, 0) is 4.79 Å². The van der Waals surface area contributed by atoms with E-state index in [1.54, 1.807) is 31.4 Å². The molecule has 4 aromatic rings. The summed E-state index contributed by atoms with van der Waals surface area (Å²) in [5.41, 5.74) is 3.61. The van der Waals surface area contributed by atoms with Crippen molar-refractivity contribution in [3.63, 3.8) is 0 Å². The molecular weight excluding hydrogens is 422 g/mol. The first-order chi connectivity index (χ1) is 16.7. The number of rotatable bonds is 7. The van der Waals surface area contributed by atoms with Crippen molar-refractivity contribution < 1.29 is 14.3 Å². The van der Waals surface area contributed by atoms with Crippen LogP contribution in [0.3, 0.4) is 0 Å². The summed E-state index contributed by atoms with van der Waals surface area (Å²) in [5.74, 6) is 0.105. The van der Waals surface area contributed by atoms with E-state index >= 15 is 0 Å². The third-order valence-corrected chi connectivity index (χ3v) is 5.41. The average Bonchev–Trinajstić information content (AvgIpc) is 2.89. The van der Waals surface area contributed by atoms with Crippen LogP contribution in [0.1, 0.15) is 28.2 Å². The highest BCUT2D eigenvalue weighted by Gasteiger charge is 2.24. The second-order valence-corrected chi connectivity index (χ2v) is 7.62. The van der Waals surface area contributed by atoms with Crippen LogP contribution in [0.5, 0.6) is 11.5 Å². The number of para-hydroxylation sites is 1. The summed E-state index contributed by atoms with van der Waals surface area (Å²) in [4.78, 5) is 13.3. The van der Waals surface area contributed by atoms with Gasteiger partial charge in [0.1, 0.15) is 17.4 Å². The molecule has 0 N–H and O–H groups in total. The van der Waals surface area contributed by atoms with Crippen molar-refractivity contribution in [3.8, 4) is 17.6 Å². The summed E-state index contributed by atoms with van der Waals surface area (Å²) >= 11 is 0. The van der Waals surface area contributed by atoms with Gasteiger partial charge < -0.3 is 9.47 Å². The Labute approximate surface area is 199 Å². The molecule has 0 aliphatic rings. The zero-order chi connectivity index (χ0) is 23.8. The van der Waals surface area contributed by atoms with Crippen LogP contribution in [0.2, 0.25) is 0 Å². The molecule has 166 valence electrons. The van der Waals surface area contributed by atoms with Gasteiger partial charge in [-0.25, -0.2) is 0 Å². The van der Waals surface area contributed by atoms with Crippen molar-refractivity contribution in [2.24, 2.45) is 0 Å². The standard InChI is InChI=1S/C30H23NO3/c1-33-28-18-9-8-17-27(28)25(21-31)19-22-11-10-16-26(20-22)34-30(32)29(23-12-4-2-5-13-23)24-14-6-3-7-15-24/h2-20,29H,1H3/b25-19-. The second kappa shape index (κ2) is 10.8. The molecule has 4 rings (SSSR count). The summed E-state index contributed by atoms with van der Waals surface area (Å²) in [6.45, 7) is 0. The molecule has 4 heteroatoms. The first-order valence-corrected chi connectivity index (χ1v) is 10.9. The minimum atomic E-state index is -0.551. The molecule has 0 amide bonds. The molecule has 0 spiro atoms. The summed E-state index contributed by atoms with van der Waals surface area (Å²) in [5, 5.41) is 9.74. The number of allylic oxidation sites excluding steroid dienone is 1. The first-order valence-electron chi connectivity index (χ1n) is 10.9. The smallest absolute Gasteiger partial charge is 0.323 e. The van der Waals surface area contributed by atoms with Gasteiger partial charge in [0.25, 0.3) is 0 Å². The van der Waals surface area contributed by atoms with Gasteiger partial charge in [0.05, 0.1) is 18.8 Å². The molecule has 0 fully saturated rings. The zero-order valence-electron chi connectivity index (χ0n) is 18.7. The molecule has 0 atom stereocenters. The van der Waals surface area contributed by atoms with Gasteiger partial charge in [-0.3, -0.25) is 4.79 Å². The number of carbonyl (C=O) groups is 1. The highest BCUT2D eigenvalue weighted by Crippen LogP contribution is 2.29. The predicted octanol–water partition coefficient (Wildman–Crippen LogP) is 6.50. The molecule has 0 heterocycles. The molecule has 0 unspecified atom stereocenters. The van der Waals surface area contributed by atoms with E-state index in [1.807, 2.05) is 91.0 Å². The van der Waals surface area contributed by atoms with Gasteiger partial charge in [-0.2, -0.15) is 5.26 Å². The third-order valence-electron chi connectivity index (χ3n) is 5.41. The number of ether oxygens (including phenoxy) is 2. The molecule has 0 aliphatic carbocycles. The Morgan fingerprint density at radius 2 is 1.44 bits per heavy atom. The van der Waals surface area contributed by atoms with Gasteiger partial charge in [-0.15, -0.1) is 0 Å². The number of benzene rings is 4. The highest BCUT2D eigenvalue weighted by molar-refractivity contribution is 5.92. The highest BCUT2D eigenvalue weighted by atomic mass is 16.5. The maximum atomic E-state index is 13.3. The Balaban J connectivity index is 1.63. The molecule has 34 heavy (non-hydrogen) atoms. The average molecular weight is 446 g/mol. The maximum absolute atomic E-state index is 13.3. The number of nitrogens with zero attached hydrogens (tertiary/aromatic N) is 1. The fraction of sp³-hybridized carbons (Fsp3) is 0.0667. The van der Waals surface area contributed by atoms with Crippen molar-refractivity contribution in [2.75, 3.05) is 7.11 Å². The van der Waals surface area contributed by atoms with E-state index in [9.17, 15) is 10.1 Å². The Hall–Kier alpha value is -4.62. The Morgan fingerprint density at radius 3 is 2.06 bits per heavy atom. The van der Waals surface area contributed by atoms with Crippen LogP contribution in [0.4, 0.5) is 0 Å². The second-order valence-electron chi connectivity index (χ2n) is 7.62. The Morgan fingerprint density at radius 1 is 0.824 bits per heavy atom. The SMILES string of the molecule is COc1ccccc1/C(C#N)=C\c1cccc(OC(=O)C(c2ccccc2)c2ccccc2)c1. The molecule has 0 aromatic heterocycles. The predicted molar refractivity (Wildman–Crippen MR) is 133 cm³/mol. The minimum absolute atomic E-state index is 0.372. The number of hydrogen-bond donors (Lipinski definition) is 0. The quantitative estimate of drug-likeness (QED) is 0.141. The van der Waals surface area contributed by atoms with E-state index in [0.717, 1.165) is 16.7 Å². The summed E-state index contributed by atoms with van der Waals surface area (Å²) in [7, 11) is 1.57. The van der Waals surface area contributed by atoms with E-state index in [2.05, 4.69) is 6.07 Å². The van der Waals surface area contributed by atoms with Gasteiger partial charge in [0.2, 0.25) is 0 Å². The summed E-state index contributed by atoms with van der Waals surface area (Å²) in [6.07, 6.45) is 1.75. The molecular formula is C30H23NO3. The van der Waals surface area contributed by atoms with E-state index in [4.69, 9.17) is 9.47 Å². The van der Waals surface area contributed by atoms with Crippen molar-refractivity contribution in [1.29, 1.82) is 5.26 Å². The number of hydrogen-bond acceptors (Lipinski definition) is 4. The van der Waals surface area contributed by atoms with Gasteiger partial charge in [0, 0.05) is 5.56 Å². The molecule has 0 aliphatic heterocycles. The lowest BCUT2D eigenvalue weighted by molar-refractivity contribution is -0.135. The van der Waals surface area contributed by atoms with Crippen LogP contribution >= 0.6 is 0 Å². The number of nitriles is 1. The van der Waals surface area contributed by atoms with Crippen molar-refractivity contribution >= 4 is 17.6 Å². The normalized spacial score (nSPS) is 11.0. The van der Waals surface area contributed by atoms with Crippen LogP contribution in [0.15, 0.2) is 109 Å². The fourth-order valence-electron chi connectivity index (χ4n) is 3.80. The van der Waals surface area contributed by atoms with Crippen LogP contribution in [0.25, 0.3) is 11.6 Å². The van der Waals surface area contributed by atoms with Crippen LogP contribution in [-0.4, -0.2) is 13.1 Å². The Bertz CT molecular complexity index is 1300. The third kappa shape index (κ3) is 5.23. The molecule has 4 nitrogen and oxygen atoms in total. The molecule has 0 saturated heterocycles. The summed E-state index contributed by atoms with van der Waals surface area (Å²) < 4.78 is 11.2. The topological polar surface area (TPSA) is 59.3 Å². The Kier molecular flexibility index (Phi) is 7.17. The van der Waals surface area contributed by atoms with Crippen molar-refractivity contribution in [3.05, 3.63) is 131 Å². The lowest BCUT2D eigenvalue weighted by Crippen LogP contribution is -2.20. The minimum Gasteiger partial charge on any atom is -0.496 e. The number of carbonyl (C=O) groups excluding carboxylic acids is 1. The fourth-order valence-corrected chi connectivity index (χ4v) is 3.80. The maximum Gasteiger partial charge on any atom is 0.323 e. The van der Waals surface area contributed by atoms with Crippen molar-refractivity contribution in [2.45, 2.75) is 5.92 Å². The van der Waals surface area contributed by atoms with E-state index in [0.29, 0.717) is 22.6 Å². The van der Waals surface area contributed by atoms with Crippen LogP contribution in [0, 0.1) is 11.3 Å². The van der Waals surface area contributed by atoms with Crippen molar-refractivity contribution in [1.82, 2.24) is 0 Å². The summed E-state index contributed by atoms with van der Waals surface area (Å²) in [6, 6.07) is 35.9. The molecule has 0 radical (unpaired) electrons. The lowest BCUT2D eigenvalue weighted by Gasteiger charge is -2.17. The largest absolute Gasteiger partial charge is 0.496 e. The van der Waals surface area contributed by atoms with Gasteiger partial charge >= 0.3 is 5.97 Å². The molecule has 4 aromatic carbocycles. The molecule has 0 saturated carbocycles. The zero-order valence-corrected chi connectivity index (χ0v) is 18.7. The monoisotopic (exact) mass is 445 g/mol. The van der Waals surface area contributed by atoms with E-state index in [1.165, 1.54) is 0 Å². The van der Waals surface area contributed by atoms with Gasteiger partial charge in [-0.05, 0) is 47.0 Å². The van der Waals surface area contributed by atoms with Gasteiger partial charge in [-0.1, -0.05) is 84.9 Å². The number of methoxy groups -OCH3 is 1. The molecule has 0 bridgehead atoms. The van der Waals surface area contributed by atoms with Gasteiger partial charge in [0.15, 0.2) is 0 Å².